The van der Waals surface area contributed by atoms with Crippen LogP contribution in [0.15, 0.2) is 18.5 Å². The van der Waals surface area contributed by atoms with Crippen LogP contribution in [-0.2, 0) is 0 Å². The summed E-state index contributed by atoms with van der Waals surface area (Å²) in [6, 6.07) is 1.56. The van der Waals surface area contributed by atoms with Crippen molar-refractivity contribution in [2.75, 3.05) is 24.8 Å². The van der Waals surface area contributed by atoms with Gasteiger partial charge >= 0.3 is 0 Å². The van der Waals surface area contributed by atoms with Crippen LogP contribution in [0.25, 0.3) is 21.5 Å². The highest BCUT2D eigenvalue weighted by atomic mass is 32.1. The molecule has 3 aromatic rings. The van der Waals surface area contributed by atoms with Crippen molar-refractivity contribution in [3.63, 3.8) is 0 Å². The summed E-state index contributed by atoms with van der Waals surface area (Å²) >= 11 is 1.22. The molecule has 0 aromatic carbocycles. The molecular formula is C17H19N5O3S. The number of thiophene rings is 1. The van der Waals surface area contributed by atoms with Crippen LogP contribution in [0.1, 0.15) is 23.5 Å². The molecule has 0 fully saturated rings. The van der Waals surface area contributed by atoms with Crippen LogP contribution in [-0.4, -0.2) is 45.6 Å². The van der Waals surface area contributed by atoms with Gasteiger partial charge in [-0.05, 0) is 13.0 Å². The lowest BCUT2D eigenvalue weighted by molar-refractivity contribution is 0.102. The SMILES string of the molecule is COc1cncc(-c2nc(N[C@H](C)CO)nc3sc(C(C)=O)c(N)c23)c1. The van der Waals surface area contributed by atoms with Gasteiger partial charge in [0.25, 0.3) is 0 Å². The number of nitrogens with one attached hydrogen (secondary N) is 1. The van der Waals surface area contributed by atoms with Crippen LogP contribution in [0.4, 0.5) is 11.6 Å². The third-order valence-corrected chi connectivity index (χ3v) is 4.98. The maximum atomic E-state index is 11.9. The van der Waals surface area contributed by atoms with E-state index >= 15 is 0 Å². The molecule has 3 heterocycles. The number of nitrogen functional groups attached to an aromatic ring is 1. The number of carbonyl (C=O) groups is 1. The molecule has 0 amide bonds. The monoisotopic (exact) mass is 373 g/mol. The highest BCUT2D eigenvalue weighted by Gasteiger charge is 2.21. The molecule has 0 aliphatic carbocycles. The van der Waals surface area contributed by atoms with Crippen molar-refractivity contribution in [1.29, 1.82) is 0 Å². The van der Waals surface area contributed by atoms with E-state index in [0.29, 0.717) is 43.7 Å². The van der Waals surface area contributed by atoms with Crippen molar-refractivity contribution in [2.45, 2.75) is 19.9 Å². The number of methoxy groups -OCH3 is 1. The maximum Gasteiger partial charge on any atom is 0.224 e. The molecule has 1 atom stereocenters. The second-order valence-electron chi connectivity index (χ2n) is 5.82. The van der Waals surface area contributed by atoms with Gasteiger partial charge in [0.2, 0.25) is 5.95 Å². The molecule has 0 spiro atoms. The topological polar surface area (TPSA) is 123 Å². The fourth-order valence-corrected chi connectivity index (χ4v) is 3.47. The van der Waals surface area contributed by atoms with Crippen molar-refractivity contribution in [3.8, 4) is 17.0 Å². The minimum atomic E-state index is -0.228. The fraction of sp³-hybridized carbons (Fsp3) is 0.294. The summed E-state index contributed by atoms with van der Waals surface area (Å²) in [5.74, 6) is 0.791. The first kappa shape index (κ1) is 18.0. The summed E-state index contributed by atoms with van der Waals surface area (Å²) < 4.78 is 5.24. The molecule has 0 saturated heterocycles. The number of hydrogen-bond acceptors (Lipinski definition) is 9. The number of aliphatic hydroxyl groups is 1. The first-order valence-corrected chi connectivity index (χ1v) is 8.74. The van der Waals surface area contributed by atoms with Crippen LogP contribution in [0.2, 0.25) is 0 Å². The van der Waals surface area contributed by atoms with Crippen LogP contribution in [0.5, 0.6) is 5.75 Å². The van der Waals surface area contributed by atoms with Gasteiger partial charge in [0.05, 0.1) is 41.6 Å². The quantitative estimate of drug-likeness (QED) is 0.563. The van der Waals surface area contributed by atoms with E-state index in [1.165, 1.54) is 18.3 Å². The predicted octanol–water partition coefficient (Wildman–Crippen LogP) is 2.34. The average Bonchev–Trinajstić information content (AvgIpc) is 2.98. The van der Waals surface area contributed by atoms with Crippen molar-refractivity contribution < 1.29 is 14.6 Å². The summed E-state index contributed by atoms with van der Waals surface area (Å²) in [4.78, 5) is 26.1. The van der Waals surface area contributed by atoms with Gasteiger partial charge in [-0.2, -0.15) is 0 Å². The largest absolute Gasteiger partial charge is 0.495 e. The van der Waals surface area contributed by atoms with Crippen molar-refractivity contribution in [1.82, 2.24) is 15.0 Å². The second kappa shape index (κ2) is 7.22. The van der Waals surface area contributed by atoms with E-state index in [4.69, 9.17) is 10.5 Å². The van der Waals surface area contributed by atoms with Crippen LogP contribution < -0.4 is 15.8 Å². The number of pyridine rings is 1. The van der Waals surface area contributed by atoms with E-state index in [-0.39, 0.29) is 18.4 Å². The Morgan fingerprint density at radius 1 is 1.42 bits per heavy atom. The molecule has 4 N–H and O–H groups in total. The summed E-state index contributed by atoms with van der Waals surface area (Å²) in [6.07, 6.45) is 3.24. The Bertz CT molecular complexity index is 972. The highest BCUT2D eigenvalue weighted by Crippen LogP contribution is 2.39. The maximum absolute atomic E-state index is 11.9. The van der Waals surface area contributed by atoms with E-state index < -0.39 is 0 Å². The molecule has 26 heavy (non-hydrogen) atoms. The second-order valence-corrected chi connectivity index (χ2v) is 6.82. The number of carbonyl (C=O) groups excluding carboxylic acids is 1. The van der Waals surface area contributed by atoms with Crippen LogP contribution in [0.3, 0.4) is 0 Å². The Morgan fingerprint density at radius 2 is 2.19 bits per heavy atom. The van der Waals surface area contributed by atoms with Crippen LogP contribution >= 0.6 is 11.3 Å². The van der Waals surface area contributed by atoms with E-state index in [9.17, 15) is 9.90 Å². The molecular weight excluding hydrogens is 354 g/mol. The number of anilines is 2. The first-order valence-electron chi connectivity index (χ1n) is 7.92. The van der Waals surface area contributed by atoms with Crippen molar-refractivity contribution in [2.24, 2.45) is 0 Å². The Hall–Kier alpha value is -2.78. The number of aromatic nitrogens is 3. The van der Waals surface area contributed by atoms with E-state index in [1.54, 1.807) is 25.6 Å². The third-order valence-electron chi connectivity index (χ3n) is 3.78. The molecule has 0 radical (unpaired) electrons. The molecule has 0 bridgehead atoms. The lowest BCUT2D eigenvalue weighted by Gasteiger charge is -2.12. The van der Waals surface area contributed by atoms with E-state index in [0.717, 1.165) is 0 Å². The number of rotatable bonds is 6. The van der Waals surface area contributed by atoms with Gasteiger partial charge < -0.3 is 20.9 Å². The molecule has 8 nitrogen and oxygen atoms in total. The highest BCUT2D eigenvalue weighted by molar-refractivity contribution is 7.21. The van der Waals surface area contributed by atoms with Gasteiger partial charge in [-0.3, -0.25) is 9.78 Å². The van der Waals surface area contributed by atoms with Gasteiger partial charge in [0.1, 0.15) is 10.6 Å². The van der Waals surface area contributed by atoms with Crippen molar-refractivity contribution in [3.05, 3.63) is 23.3 Å². The molecule has 136 valence electrons. The van der Waals surface area contributed by atoms with Gasteiger partial charge in [-0.25, -0.2) is 9.97 Å². The zero-order valence-electron chi connectivity index (χ0n) is 14.6. The molecule has 9 heteroatoms. The lowest BCUT2D eigenvalue weighted by Crippen LogP contribution is -2.21. The van der Waals surface area contributed by atoms with Crippen LogP contribution in [0, 0.1) is 0 Å². The Morgan fingerprint density at radius 3 is 2.85 bits per heavy atom. The number of fused-ring (bicyclic) bond motifs is 1. The van der Waals surface area contributed by atoms with Gasteiger partial charge in [-0.1, -0.05) is 0 Å². The number of ketones is 1. The molecule has 0 unspecified atom stereocenters. The number of aliphatic hydroxyl groups excluding tert-OH is 1. The Labute approximate surface area is 154 Å². The van der Waals surface area contributed by atoms with Crippen molar-refractivity contribution >= 4 is 39.0 Å². The number of Topliss-reactive ketones (excluding diaryl/α,β-unsaturated/α-hetero) is 1. The molecule has 0 saturated carbocycles. The molecule has 3 rings (SSSR count). The Kier molecular flexibility index (Phi) is 5.01. The number of nitrogens with zero attached hydrogens (tertiary/aromatic N) is 3. The first-order chi connectivity index (χ1) is 12.4. The zero-order valence-corrected chi connectivity index (χ0v) is 15.4. The van der Waals surface area contributed by atoms with Gasteiger partial charge in [0.15, 0.2) is 5.78 Å². The standard InChI is InChI=1S/C17H19N5O3S/c1-8(7-23)20-17-21-14(10-4-11(25-3)6-19-5-10)12-13(18)15(9(2)24)26-16(12)22-17/h4-6,8,23H,7,18H2,1-3H3,(H,20,21,22)/t8-/m1/s1. The summed E-state index contributed by atoms with van der Waals surface area (Å²) in [5, 5.41) is 12.9. The normalized spacial score (nSPS) is 12.2. The minimum absolute atomic E-state index is 0.0667. The predicted molar refractivity (Wildman–Crippen MR) is 102 cm³/mol. The van der Waals surface area contributed by atoms with E-state index in [1.807, 2.05) is 6.92 Å². The smallest absolute Gasteiger partial charge is 0.224 e. The summed E-state index contributed by atoms with van der Waals surface area (Å²) in [6.45, 7) is 3.21. The third kappa shape index (κ3) is 3.31. The number of hydrogen-bond donors (Lipinski definition) is 3. The molecule has 0 aliphatic heterocycles. The summed E-state index contributed by atoms with van der Waals surface area (Å²) in [5.41, 5.74) is 7.82. The summed E-state index contributed by atoms with van der Waals surface area (Å²) in [7, 11) is 1.55. The van der Waals surface area contributed by atoms with Gasteiger partial charge in [-0.15, -0.1) is 11.3 Å². The molecule has 0 aliphatic rings. The average molecular weight is 373 g/mol. The number of ether oxygens (including phenoxy) is 1. The molecule has 3 aromatic heterocycles. The minimum Gasteiger partial charge on any atom is -0.495 e. The zero-order chi connectivity index (χ0) is 18.8. The number of nitrogens with two attached hydrogens (primary N) is 1. The fourth-order valence-electron chi connectivity index (χ4n) is 2.48. The van der Waals surface area contributed by atoms with E-state index in [2.05, 4.69) is 20.3 Å². The van der Waals surface area contributed by atoms with Gasteiger partial charge in [0, 0.05) is 24.7 Å². The Balaban J connectivity index is 2.27. The lowest BCUT2D eigenvalue weighted by atomic mass is 10.1.